The van der Waals surface area contributed by atoms with Gasteiger partial charge in [0.1, 0.15) is 0 Å². The molecule has 15 heavy (non-hydrogen) atoms. The molecule has 0 aliphatic heterocycles. The van der Waals surface area contributed by atoms with Crippen LogP contribution in [0.25, 0.3) is 0 Å². The second-order valence-electron chi connectivity index (χ2n) is 4.18. The summed E-state index contributed by atoms with van der Waals surface area (Å²) in [4.78, 5) is 12.8. The van der Waals surface area contributed by atoms with Gasteiger partial charge in [-0.05, 0) is 44.6 Å². The molecule has 0 aromatic rings. The first-order valence-electron chi connectivity index (χ1n) is 6.03. The summed E-state index contributed by atoms with van der Waals surface area (Å²) in [7, 11) is 2.11. The summed E-state index contributed by atoms with van der Waals surface area (Å²) in [6.07, 6.45) is 7.98. The van der Waals surface area contributed by atoms with E-state index in [2.05, 4.69) is 18.9 Å². The zero-order valence-electron chi connectivity index (χ0n) is 10.1. The Labute approximate surface area is 99.0 Å². The van der Waals surface area contributed by atoms with E-state index in [1.54, 1.807) is 0 Å². The fraction of sp³-hybridized carbons (Fsp3) is 0.917. The fourth-order valence-electron chi connectivity index (χ4n) is 1.59. The first-order valence-corrected chi connectivity index (χ1v) is 6.41. The third kappa shape index (κ3) is 11.8. The molecule has 0 atom stereocenters. The highest BCUT2D eigenvalue weighted by Crippen LogP contribution is 2.04. The molecule has 0 fully saturated rings. The molecule has 0 aromatic carbocycles. The molecule has 90 valence electrons. The summed E-state index contributed by atoms with van der Waals surface area (Å²) in [6, 6.07) is 0. The lowest BCUT2D eigenvalue weighted by molar-refractivity contribution is -0.111. The van der Waals surface area contributed by atoms with Gasteiger partial charge in [0.2, 0.25) is 5.24 Å². The van der Waals surface area contributed by atoms with Gasteiger partial charge in [-0.1, -0.05) is 32.6 Å². The Morgan fingerprint density at radius 2 is 1.67 bits per heavy atom. The highest BCUT2D eigenvalue weighted by molar-refractivity contribution is 6.63. The number of rotatable bonds is 10. The van der Waals surface area contributed by atoms with Crippen molar-refractivity contribution in [3.63, 3.8) is 0 Å². The van der Waals surface area contributed by atoms with Gasteiger partial charge in [0, 0.05) is 6.42 Å². The highest BCUT2D eigenvalue weighted by Gasteiger charge is 2.00. The second kappa shape index (κ2) is 10.4. The third-order valence-corrected chi connectivity index (χ3v) is 2.75. The van der Waals surface area contributed by atoms with Crippen LogP contribution >= 0.6 is 11.6 Å². The van der Waals surface area contributed by atoms with Gasteiger partial charge >= 0.3 is 0 Å². The number of carbonyl (C=O) groups excluding carboxylic acids is 1. The van der Waals surface area contributed by atoms with Crippen molar-refractivity contribution in [3.05, 3.63) is 0 Å². The summed E-state index contributed by atoms with van der Waals surface area (Å²) in [5.74, 6) is 0. The van der Waals surface area contributed by atoms with Gasteiger partial charge in [0.05, 0.1) is 0 Å². The van der Waals surface area contributed by atoms with Crippen LogP contribution in [0.4, 0.5) is 0 Å². The fourth-order valence-corrected chi connectivity index (χ4v) is 1.72. The zero-order chi connectivity index (χ0) is 11.5. The minimum absolute atomic E-state index is 0.216. The van der Waals surface area contributed by atoms with E-state index in [9.17, 15) is 4.79 Å². The average molecular weight is 234 g/mol. The van der Waals surface area contributed by atoms with Crippen LogP contribution < -0.4 is 0 Å². The molecular weight excluding hydrogens is 210 g/mol. The molecule has 0 aliphatic rings. The van der Waals surface area contributed by atoms with Crippen LogP contribution in [0.2, 0.25) is 0 Å². The smallest absolute Gasteiger partial charge is 0.221 e. The Morgan fingerprint density at radius 3 is 2.27 bits per heavy atom. The summed E-state index contributed by atoms with van der Waals surface area (Å²) >= 11 is 5.27. The molecule has 3 heteroatoms. The average Bonchev–Trinajstić information content (AvgIpc) is 2.17. The maximum atomic E-state index is 10.5. The number of hydrogen-bond acceptors (Lipinski definition) is 2. The Kier molecular flexibility index (Phi) is 10.4. The molecule has 0 heterocycles. The summed E-state index contributed by atoms with van der Waals surface area (Å²) < 4.78 is 0. The topological polar surface area (TPSA) is 20.3 Å². The highest BCUT2D eigenvalue weighted by atomic mass is 35.5. The molecule has 0 saturated carbocycles. The normalized spacial score (nSPS) is 10.9. The molecule has 0 amide bonds. The predicted molar refractivity (Wildman–Crippen MR) is 66.4 cm³/mol. The lowest BCUT2D eigenvalue weighted by atomic mass is 10.1. The van der Waals surface area contributed by atoms with Gasteiger partial charge in [0.15, 0.2) is 0 Å². The van der Waals surface area contributed by atoms with E-state index in [0.717, 1.165) is 19.5 Å². The van der Waals surface area contributed by atoms with Crippen molar-refractivity contribution in [2.24, 2.45) is 0 Å². The van der Waals surface area contributed by atoms with Gasteiger partial charge in [-0.25, -0.2) is 0 Å². The van der Waals surface area contributed by atoms with Crippen LogP contribution in [-0.2, 0) is 4.79 Å². The van der Waals surface area contributed by atoms with E-state index >= 15 is 0 Å². The van der Waals surface area contributed by atoms with Crippen molar-refractivity contribution in [1.29, 1.82) is 0 Å². The monoisotopic (exact) mass is 233 g/mol. The quantitative estimate of drug-likeness (QED) is 0.426. The lowest BCUT2D eigenvalue weighted by Gasteiger charge is -2.15. The van der Waals surface area contributed by atoms with Gasteiger partial charge in [-0.15, -0.1) is 0 Å². The Bertz CT molecular complexity index is 162. The first kappa shape index (κ1) is 14.9. The molecule has 0 aromatic heterocycles. The number of halogens is 1. The largest absolute Gasteiger partial charge is 0.306 e. The molecule has 0 bridgehead atoms. The van der Waals surface area contributed by atoms with Crippen LogP contribution in [0.5, 0.6) is 0 Å². The number of carbonyl (C=O) groups is 1. The van der Waals surface area contributed by atoms with Crippen molar-refractivity contribution < 1.29 is 4.79 Å². The Morgan fingerprint density at radius 1 is 1.07 bits per heavy atom. The van der Waals surface area contributed by atoms with Crippen LogP contribution in [0, 0.1) is 0 Å². The van der Waals surface area contributed by atoms with Gasteiger partial charge in [-0.3, -0.25) is 4.79 Å². The van der Waals surface area contributed by atoms with Gasteiger partial charge in [-0.2, -0.15) is 0 Å². The van der Waals surface area contributed by atoms with Crippen molar-refractivity contribution >= 4 is 16.8 Å². The third-order valence-electron chi connectivity index (χ3n) is 2.56. The minimum atomic E-state index is -0.216. The lowest BCUT2D eigenvalue weighted by Crippen LogP contribution is -2.21. The summed E-state index contributed by atoms with van der Waals surface area (Å²) in [5.41, 5.74) is 0. The maximum Gasteiger partial charge on any atom is 0.221 e. The molecule has 0 aliphatic carbocycles. The van der Waals surface area contributed by atoms with Crippen molar-refractivity contribution in [1.82, 2.24) is 4.90 Å². The Balaban J connectivity index is 3.18. The second-order valence-corrected chi connectivity index (χ2v) is 4.60. The Hall–Kier alpha value is -0.0800. The number of nitrogens with zero attached hydrogens (tertiary/aromatic N) is 1. The minimum Gasteiger partial charge on any atom is -0.306 e. The van der Waals surface area contributed by atoms with Crippen LogP contribution in [0.3, 0.4) is 0 Å². The first-order chi connectivity index (χ1) is 7.16. The molecule has 0 radical (unpaired) electrons. The van der Waals surface area contributed by atoms with E-state index in [1.807, 2.05) is 0 Å². The molecule has 0 saturated heterocycles. The van der Waals surface area contributed by atoms with E-state index in [-0.39, 0.29) is 5.24 Å². The van der Waals surface area contributed by atoms with Crippen LogP contribution in [0.1, 0.15) is 51.9 Å². The van der Waals surface area contributed by atoms with Gasteiger partial charge in [0.25, 0.3) is 0 Å². The van der Waals surface area contributed by atoms with Gasteiger partial charge < -0.3 is 4.90 Å². The SMILES string of the molecule is CCCCCCCN(C)CCCC(=O)Cl. The van der Waals surface area contributed by atoms with Crippen LogP contribution in [0.15, 0.2) is 0 Å². The molecule has 0 unspecified atom stereocenters. The molecule has 0 rings (SSSR count). The standard InChI is InChI=1S/C12H24ClNO/c1-3-4-5-6-7-10-14(2)11-8-9-12(13)15/h3-11H2,1-2H3. The van der Waals surface area contributed by atoms with E-state index in [0.29, 0.717) is 6.42 Å². The molecule has 0 N–H and O–H groups in total. The van der Waals surface area contributed by atoms with E-state index in [1.165, 1.54) is 32.1 Å². The van der Waals surface area contributed by atoms with Crippen molar-refractivity contribution in [2.45, 2.75) is 51.9 Å². The van der Waals surface area contributed by atoms with E-state index < -0.39 is 0 Å². The summed E-state index contributed by atoms with van der Waals surface area (Å²) in [6.45, 7) is 4.35. The van der Waals surface area contributed by atoms with Crippen molar-refractivity contribution in [2.75, 3.05) is 20.1 Å². The van der Waals surface area contributed by atoms with E-state index in [4.69, 9.17) is 11.6 Å². The summed E-state index contributed by atoms with van der Waals surface area (Å²) in [5, 5.41) is -0.216. The van der Waals surface area contributed by atoms with Crippen LogP contribution in [-0.4, -0.2) is 30.3 Å². The van der Waals surface area contributed by atoms with Crippen molar-refractivity contribution in [3.8, 4) is 0 Å². The number of unbranched alkanes of at least 4 members (excludes halogenated alkanes) is 4. The molecular formula is C12H24ClNO. The molecule has 0 spiro atoms. The molecule has 2 nitrogen and oxygen atoms in total. The maximum absolute atomic E-state index is 10.5. The zero-order valence-corrected chi connectivity index (χ0v) is 10.9. The number of hydrogen-bond donors (Lipinski definition) is 0. The predicted octanol–water partition coefficient (Wildman–Crippen LogP) is 3.43.